The third-order valence-electron chi connectivity index (χ3n) is 4.15. The van der Waals surface area contributed by atoms with Crippen LogP contribution >= 0.6 is 11.6 Å². The first-order valence-electron chi connectivity index (χ1n) is 6.94. The highest BCUT2D eigenvalue weighted by Gasteiger charge is 2.36. The van der Waals surface area contributed by atoms with E-state index in [1.54, 1.807) is 4.90 Å². The van der Waals surface area contributed by atoms with Gasteiger partial charge in [0.2, 0.25) is 5.91 Å². The smallest absolute Gasteiger partial charge is 0.257 e. The quantitative estimate of drug-likeness (QED) is 0.802. The Morgan fingerprint density at radius 3 is 3.10 bits per heavy atom. The number of aromatic nitrogens is 1. The lowest BCUT2D eigenvalue weighted by Crippen LogP contribution is -2.55. The van der Waals surface area contributed by atoms with Crippen LogP contribution in [0.2, 0.25) is 5.15 Å². The minimum atomic E-state index is -0.581. The lowest BCUT2D eigenvalue weighted by atomic mass is 9.85. The average Bonchev–Trinajstić information content (AvgIpc) is 2.48. The number of amides is 2. The molecule has 0 aliphatic carbocycles. The number of hydrogen-bond donors (Lipinski definition) is 1. The molecule has 2 atom stereocenters. The molecule has 0 saturated carbocycles. The van der Waals surface area contributed by atoms with Crippen LogP contribution in [0.3, 0.4) is 0 Å². The number of carbonyl (C=O) groups is 2. The second kappa shape index (κ2) is 5.60. The van der Waals surface area contributed by atoms with E-state index in [4.69, 9.17) is 11.6 Å². The molecule has 0 bridgehead atoms. The Morgan fingerprint density at radius 1 is 1.48 bits per heavy atom. The van der Waals surface area contributed by atoms with Crippen LogP contribution in [0.4, 0.5) is 4.39 Å². The molecule has 0 aromatic carbocycles. The second-order valence-corrected chi connectivity index (χ2v) is 5.86. The standard InChI is InChI=1S/C14H15ClFN3O2/c15-13-10(5-9(16)6-17-13)14(21)19-4-3-11-8(7-19)1-2-12(20)18-11/h5-6,8,11H,1-4,7H2,(H,18,20). The SMILES string of the molecule is O=C1CCC2CN(C(=O)c3cc(F)cnc3Cl)CCC2N1. The summed E-state index contributed by atoms with van der Waals surface area (Å²) in [6, 6.07) is 1.25. The van der Waals surface area contributed by atoms with E-state index in [0.717, 1.165) is 18.7 Å². The molecular formula is C14H15ClFN3O2. The van der Waals surface area contributed by atoms with Crippen LogP contribution in [0.1, 0.15) is 29.6 Å². The number of nitrogens with zero attached hydrogens (tertiary/aromatic N) is 2. The Kier molecular flexibility index (Phi) is 3.80. The largest absolute Gasteiger partial charge is 0.353 e. The summed E-state index contributed by atoms with van der Waals surface area (Å²) in [6.07, 6.45) is 2.96. The minimum absolute atomic E-state index is 0.0143. The van der Waals surface area contributed by atoms with Crippen molar-refractivity contribution in [3.63, 3.8) is 0 Å². The lowest BCUT2D eigenvalue weighted by Gasteiger charge is -2.41. The van der Waals surface area contributed by atoms with Crippen LogP contribution in [0.25, 0.3) is 0 Å². The van der Waals surface area contributed by atoms with E-state index in [9.17, 15) is 14.0 Å². The van der Waals surface area contributed by atoms with E-state index in [0.29, 0.717) is 25.9 Å². The Bertz CT molecular complexity index is 596. The number of likely N-dealkylation sites (tertiary alicyclic amines) is 1. The highest BCUT2D eigenvalue weighted by atomic mass is 35.5. The molecule has 1 aromatic heterocycles. The van der Waals surface area contributed by atoms with Gasteiger partial charge in [0, 0.05) is 25.6 Å². The van der Waals surface area contributed by atoms with Crippen molar-refractivity contribution in [3.05, 3.63) is 28.8 Å². The summed E-state index contributed by atoms with van der Waals surface area (Å²) >= 11 is 5.88. The molecule has 3 rings (SSSR count). The Hall–Kier alpha value is -1.69. The Morgan fingerprint density at radius 2 is 2.29 bits per heavy atom. The molecule has 2 aliphatic rings. The highest BCUT2D eigenvalue weighted by Crippen LogP contribution is 2.27. The summed E-state index contributed by atoms with van der Waals surface area (Å²) in [5.74, 6) is -0.556. The lowest BCUT2D eigenvalue weighted by molar-refractivity contribution is -0.125. The Balaban J connectivity index is 1.74. The van der Waals surface area contributed by atoms with E-state index in [1.807, 2.05) is 0 Å². The maximum Gasteiger partial charge on any atom is 0.257 e. The fraction of sp³-hybridized carbons (Fsp3) is 0.500. The van der Waals surface area contributed by atoms with Crippen molar-refractivity contribution in [2.45, 2.75) is 25.3 Å². The Labute approximate surface area is 126 Å². The van der Waals surface area contributed by atoms with Gasteiger partial charge in [0.1, 0.15) is 11.0 Å². The zero-order chi connectivity index (χ0) is 15.0. The first kappa shape index (κ1) is 14.3. The molecule has 7 heteroatoms. The summed E-state index contributed by atoms with van der Waals surface area (Å²) in [4.78, 5) is 29.2. The number of pyridine rings is 1. The molecule has 0 radical (unpaired) electrons. The number of hydrogen-bond acceptors (Lipinski definition) is 3. The molecule has 1 aromatic rings. The van der Waals surface area contributed by atoms with Crippen LogP contribution in [-0.2, 0) is 4.79 Å². The molecular weight excluding hydrogens is 297 g/mol. The van der Waals surface area contributed by atoms with Gasteiger partial charge in [-0.05, 0) is 24.8 Å². The molecule has 0 spiro atoms. The van der Waals surface area contributed by atoms with Crippen molar-refractivity contribution in [3.8, 4) is 0 Å². The number of fused-ring (bicyclic) bond motifs is 1. The van der Waals surface area contributed by atoms with Gasteiger partial charge >= 0.3 is 0 Å². The van der Waals surface area contributed by atoms with Crippen LogP contribution in [0.15, 0.2) is 12.3 Å². The van der Waals surface area contributed by atoms with Crippen molar-refractivity contribution < 1.29 is 14.0 Å². The van der Waals surface area contributed by atoms with Crippen molar-refractivity contribution in [1.82, 2.24) is 15.2 Å². The highest BCUT2D eigenvalue weighted by molar-refractivity contribution is 6.32. The van der Waals surface area contributed by atoms with Gasteiger partial charge in [-0.3, -0.25) is 9.59 Å². The zero-order valence-electron chi connectivity index (χ0n) is 11.3. The normalized spacial score (nSPS) is 25.2. The number of halogens is 2. The fourth-order valence-corrected chi connectivity index (χ4v) is 3.22. The molecule has 2 amide bonds. The van der Waals surface area contributed by atoms with Crippen LogP contribution < -0.4 is 5.32 Å². The van der Waals surface area contributed by atoms with Crippen LogP contribution in [0, 0.1) is 11.7 Å². The van der Waals surface area contributed by atoms with E-state index in [-0.39, 0.29) is 34.5 Å². The third-order valence-corrected chi connectivity index (χ3v) is 4.45. The van der Waals surface area contributed by atoms with E-state index < -0.39 is 5.82 Å². The maximum absolute atomic E-state index is 13.2. The summed E-state index contributed by atoms with van der Waals surface area (Å²) in [6.45, 7) is 1.07. The fourth-order valence-electron chi connectivity index (χ4n) is 3.04. The number of rotatable bonds is 1. The van der Waals surface area contributed by atoms with E-state index in [1.165, 1.54) is 0 Å². The van der Waals surface area contributed by atoms with Gasteiger partial charge in [-0.1, -0.05) is 11.6 Å². The third kappa shape index (κ3) is 2.85. The molecule has 2 fully saturated rings. The molecule has 2 unspecified atom stereocenters. The maximum atomic E-state index is 13.2. The average molecular weight is 312 g/mol. The van der Waals surface area contributed by atoms with Crippen LogP contribution in [-0.4, -0.2) is 40.8 Å². The summed E-state index contributed by atoms with van der Waals surface area (Å²) in [5, 5.41) is 2.98. The van der Waals surface area contributed by atoms with Gasteiger partial charge < -0.3 is 10.2 Å². The first-order valence-corrected chi connectivity index (χ1v) is 7.32. The number of nitrogens with one attached hydrogen (secondary N) is 1. The second-order valence-electron chi connectivity index (χ2n) is 5.50. The topological polar surface area (TPSA) is 62.3 Å². The predicted octanol–water partition coefficient (Wildman–Crippen LogP) is 1.61. The molecule has 2 saturated heterocycles. The minimum Gasteiger partial charge on any atom is -0.353 e. The number of carbonyl (C=O) groups excluding carboxylic acids is 2. The van der Waals surface area contributed by atoms with E-state index in [2.05, 4.69) is 10.3 Å². The van der Waals surface area contributed by atoms with Crippen molar-refractivity contribution >= 4 is 23.4 Å². The monoisotopic (exact) mass is 311 g/mol. The van der Waals surface area contributed by atoms with Crippen molar-refractivity contribution in [1.29, 1.82) is 0 Å². The van der Waals surface area contributed by atoms with Gasteiger partial charge in [0.25, 0.3) is 5.91 Å². The number of piperidine rings is 2. The predicted molar refractivity (Wildman–Crippen MR) is 74.4 cm³/mol. The van der Waals surface area contributed by atoms with Gasteiger partial charge in [0.15, 0.2) is 0 Å². The summed E-state index contributed by atoms with van der Waals surface area (Å²) < 4.78 is 13.2. The molecule has 5 nitrogen and oxygen atoms in total. The van der Waals surface area contributed by atoms with Crippen LogP contribution in [0.5, 0.6) is 0 Å². The van der Waals surface area contributed by atoms with E-state index >= 15 is 0 Å². The summed E-state index contributed by atoms with van der Waals surface area (Å²) in [5.41, 5.74) is 0.0926. The van der Waals surface area contributed by atoms with Gasteiger partial charge in [0.05, 0.1) is 11.8 Å². The molecule has 1 N–H and O–H groups in total. The van der Waals surface area contributed by atoms with Gasteiger partial charge in [-0.15, -0.1) is 0 Å². The van der Waals surface area contributed by atoms with Gasteiger partial charge in [-0.2, -0.15) is 0 Å². The zero-order valence-corrected chi connectivity index (χ0v) is 12.1. The molecule has 2 aliphatic heterocycles. The molecule has 3 heterocycles. The summed E-state index contributed by atoms with van der Waals surface area (Å²) in [7, 11) is 0. The van der Waals surface area contributed by atoms with Crippen molar-refractivity contribution in [2.75, 3.05) is 13.1 Å². The first-order chi connectivity index (χ1) is 10.0. The van der Waals surface area contributed by atoms with Crippen molar-refractivity contribution in [2.24, 2.45) is 5.92 Å². The molecule has 112 valence electrons. The molecule has 21 heavy (non-hydrogen) atoms. The van der Waals surface area contributed by atoms with Gasteiger partial charge in [-0.25, -0.2) is 9.37 Å².